The second kappa shape index (κ2) is 5.66. The van der Waals surface area contributed by atoms with Crippen molar-refractivity contribution in [2.75, 3.05) is 11.9 Å². The number of para-hydroxylation sites is 2. The third-order valence-corrected chi connectivity index (χ3v) is 4.00. The fraction of sp³-hybridized carbons (Fsp3) is 0.176. The Hall–Kier alpha value is -3.40. The molecule has 0 aliphatic heterocycles. The zero-order chi connectivity index (χ0) is 16.5. The summed E-state index contributed by atoms with van der Waals surface area (Å²) >= 11 is 0. The lowest BCUT2D eigenvalue weighted by Gasteiger charge is -2.12. The van der Waals surface area contributed by atoms with Crippen LogP contribution in [-0.4, -0.2) is 30.9 Å². The summed E-state index contributed by atoms with van der Waals surface area (Å²) in [6.45, 7) is 3.32. The Labute approximate surface area is 138 Å². The van der Waals surface area contributed by atoms with E-state index in [-0.39, 0.29) is 0 Å². The molecule has 0 atom stereocenters. The molecule has 0 fully saturated rings. The molecule has 1 N–H and O–H groups in total. The number of nitrogens with zero attached hydrogens (tertiary/aromatic N) is 6. The molecule has 3 heterocycles. The number of anilines is 1. The SMILES string of the molecule is Cc1cc(NCCn2ccnn2)n2c(nc3ccccc32)c1C#N. The van der Waals surface area contributed by atoms with E-state index in [0.717, 1.165) is 22.4 Å². The van der Waals surface area contributed by atoms with Crippen molar-refractivity contribution in [3.8, 4) is 6.07 Å². The molecule has 0 bridgehead atoms. The van der Waals surface area contributed by atoms with Gasteiger partial charge in [0.1, 0.15) is 11.9 Å². The first-order valence-electron chi connectivity index (χ1n) is 7.67. The van der Waals surface area contributed by atoms with E-state index in [4.69, 9.17) is 0 Å². The molecule has 118 valence electrons. The van der Waals surface area contributed by atoms with Gasteiger partial charge in [-0.25, -0.2) is 4.98 Å². The minimum absolute atomic E-state index is 0.605. The number of nitrogens with one attached hydrogen (secondary N) is 1. The Morgan fingerprint density at radius 1 is 1.29 bits per heavy atom. The third-order valence-electron chi connectivity index (χ3n) is 4.00. The molecule has 0 saturated carbocycles. The van der Waals surface area contributed by atoms with Crippen LogP contribution in [-0.2, 0) is 6.54 Å². The van der Waals surface area contributed by atoms with Crippen molar-refractivity contribution < 1.29 is 0 Å². The number of aryl methyl sites for hydroxylation is 1. The first kappa shape index (κ1) is 14.2. The molecule has 4 aromatic rings. The summed E-state index contributed by atoms with van der Waals surface area (Å²) in [6.07, 6.45) is 3.49. The molecule has 0 unspecified atom stereocenters. The van der Waals surface area contributed by atoms with Crippen LogP contribution in [0.4, 0.5) is 5.82 Å². The zero-order valence-electron chi connectivity index (χ0n) is 13.1. The van der Waals surface area contributed by atoms with Crippen LogP contribution in [0, 0.1) is 18.3 Å². The highest BCUT2D eigenvalue weighted by Crippen LogP contribution is 2.26. The average molecular weight is 317 g/mol. The lowest BCUT2D eigenvalue weighted by Crippen LogP contribution is -2.13. The maximum absolute atomic E-state index is 9.49. The quantitative estimate of drug-likeness (QED) is 0.624. The van der Waals surface area contributed by atoms with Crippen LogP contribution in [0.5, 0.6) is 0 Å². The zero-order valence-corrected chi connectivity index (χ0v) is 13.1. The molecule has 24 heavy (non-hydrogen) atoms. The van der Waals surface area contributed by atoms with Crippen LogP contribution in [0.25, 0.3) is 16.7 Å². The van der Waals surface area contributed by atoms with E-state index in [9.17, 15) is 5.26 Å². The normalized spacial score (nSPS) is 11.0. The van der Waals surface area contributed by atoms with E-state index in [0.29, 0.717) is 24.3 Å². The molecular weight excluding hydrogens is 302 g/mol. The molecule has 0 saturated heterocycles. The Bertz CT molecular complexity index is 1050. The Morgan fingerprint density at radius 2 is 2.17 bits per heavy atom. The largest absolute Gasteiger partial charge is 0.369 e. The lowest BCUT2D eigenvalue weighted by molar-refractivity contribution is 0.608. The number of hydrogen-bond donors (Lipinski definition) is 1. The second-order valence-electron chi connectivity index (χ2n) is 5.55. The van der Waals surface area contributed by atoms with Gasteiger partial charge in [-0.2, -0.15) is 5.26 Å². The number of benzene rings is 1. The standard InChI is InChI=1S/C17H15N7/c1-12-10-16(19-6-8-23-9-7-20-22-23)24-15-5-3-2-4-14(15)21-17(24)13(12)11-18/h2-5,7,9-10,19H,6,8H2,1H3. The van der Waals surface area contributed by atoms with Gasteiger partial charge in [-0.05, 0) is 30.7 Å². The molecule has 0 aliphatic rings. The van der Waals surface area contributed by atoms with Crippen LogP contribution >= 0.6 is 0 Å². The maximum Gasteiger partial charge on any atom is 0.157 e. The lowest BCUT2D eigenvalue weighted by atomic mass is 10.1. The van der Waals surface area contributed by atoms with E-state index in [1.165, 1.54) is 0 Å². The van der Waals surface area contributed by atoms with Crippen molar-refractivity contribution in [3.05, 3.63) is 53.9 Å². The Balaban J connectivity index is 1.80. The minimum Gasteiger partial charge on any atom is -0.369 e. The first-order chi connectivity index (χ1) is 11.8. The van der Waals surface area contributed by atoms with Crippen LogP contribution in [0.1, 0.15) is 11.1 Å². The van der Waals surface area contributed by atoms with E-state index >= 15 is 0 Å². The number of nitriles is 1. The first-order valence-corrected chi connectivity index (χ1v) is 7.67. The fourth-order valence-corrected chi connectivity index (χ4v) is 2.87. The number of rotatable bonds is 4. The van der Waals surface area contributed by atoms with Gasteiger partial charge >= 0.3 is 0 Å². The molecule has 1 aromatic carbocycles. The molecule has 0 aliphatic carbocycles. The smallest absolute Gasteiger partial charge is 0.157 e. The predicted octanol–water partition coefficient (Wildman–Crippen LogP) is 2.37. The number of imidazole rings is 1. The average Bonchev–Trinajstić information content (AvgIpc) is 3.22. The Morgan fingerprint density at radius 3 is 2.96 bits per heavy atom. The van der Waals surface area contributed by atoms with Crippen molar-refractivity contribution in [1.29, 1.82) is 5.26 Å². The van der Waals surface area contributed by atoms with Crippen LogP contribution in [0.3, 0.4) is 0 Å². The molecule has 0 amide bonds. The molecule has 7 heteroatoms. The summed E-state index contributed by atoms with van der Waals surface area (Å²) in [4.78, 5) is 4.64. The summed E-state index contributed by atoms with van der Waals surface area (Å²) in [5.74, 6) is 0.912. The highest BCUT2D eigenvalue weighted by Gasteiger charge is 2.14. The number of fused-ring (bicyclic) bond motifs is 3. The van der Waals surface area contributed by atoms with Crippen molar-refractivity contribution in [3.63, 3.8) is 0 Å². The highest BCUT2D eigenvalue weighted by atomic mass is 15.4. The Kier molecular flexibility index (Phi) is 3.35. The molecule has 4 rings (SSSR count). The van der Waals surface area contributed by atoms with E-state index in [1.54, 1.807) is 10.9 Å². The summed E-state index contributed by atoms with van der Waals surface area (Å²) in [6, 6.07) is 12.1. The number of aromatic nitrogens is 5. The van der Waals surface area contributed by atoms with Crippen LogP contribution < -0.4 is 5.32 Å². The van der Waals surface area contributed by atoms with Gasteiger partial charge in [0.05, 0.1) is 29.3 Å². The monoisotopic (exact) mass is 317 g/mol. The summed E-state index contributed by atoms with van der Waals surface area (Å²) in [7, 11) is 0. The van der Waals surface area contributed by atoms with Gasteiger partial charge in [0.15, 0.2) is 5.65 Å². The van der Waals surface area contributed by atoms with Crippen molar-refractivity contribution in [2.24, 2.45) is 0 Å². The maximum atomic E-state index is 9.49. The molecule has 7 nitrogen and oxygen atoms in total. The van der Waals surface area contributed by atoms with Gasteiger partial charge in [-0.3, -0.25) is 9.08 Å². The van der Waals surface area contributed by atoms with Gasteiger partial charge in [-0.1, -0.05) is 17.3 Å². The minimum atomic E-state index is 0.605. The van der Waals surface area contributed by atoms with E-state index < -0.39 is 0 Å². The van der Waals surface area contributed by atoms with Gasteiger partial charge in [-0.15, -0.1) is 5.10 Å². The summed E-state index contributed by atoms with van der Waals surface area (Å²) in [5.41, 5.74) is 4.05. The number of pyridine rings is 1. The van der Waals surface area contributed by atoms with Gasteiger partial charge in [0.25, 0.3) is 0 Å². The number of hydrogen-bond acceptors (Lipinski definition) is 5. The van der Waals surface area contributed by atoms with Crippen molar-refractivity contribution in [2.45, 2.75) is 13.5 Å². The van der Waals surface area contributed by atoms with E-state index in [2.05, 4.69) is 26.7 Å². The van der Waals surface area contributed by atoms with Gasteiger partial charge < -0.3 is 5.32 Å². The highest BCUT2D eigenvalue weighted by molar-refractivity contribution is 5.85. The molecule has 0 spiro atoms. The molecular formula is C17H15N7. The van der Waals surface area contributed by atoms with Crippen molar-refractivity contribution in [1.82, 2.24) is 24.4 Å². The summed E-state index contributed by atoms with van der Waals surface area (Å²) in [5, 5.41) is 20.7. The molecule has 0 radical (unpaired) electrons. The van der Waals surface area contributed by atoms with Gasteiger partial charge in [0.2, 0.25) is 0 Å². The van der Waals surface area contributed by atoms with E-state index in [1.807, 2.05) is 47.9 Å². The third kappa shape index (κ3) is 2.25. The van der Waals surface area contributed by atoms with Gasteiger partial charge in [0, 0.05) is 12.7 Å². The predicted molar refractivity (Wildman–Crippen MR) is 90.7 cm³/mol. The topological polar surface area (TPSA) is 83.8 Å². The fourth-order valence-electron chi connectivity index (χ4n) is 2.87. The van der Waals surface area contributed by atoms with Crippen LogP contribution in [0.15, 0.2) is 42.7 Å². The van der Waals surface area contributed by atoms with Crippen LogP contribution in [0.2, 0.25) is 0 Å². The summed E-state index contributed by atoms with van der Waals surface area (Å²) < 4.78 is 3.77. The second-order valence-corrected chi connectivity index (χ2v) is 5.55. The van der Waals surface area contributed by atoms with Crippen molar-refractivity contribution >= 4 is 22.5 Å². The molecule has 3 aromatic heterocycles.